The summed E-state index contributed by atoms with van der Waals surface area (Å²) in [5.74, 6) is 0. The van der Waals surface area contributed by atoms with E-state index in [-0.39, 0.29) is 17.1 Å². The van der Waals surface area contributed by atoms with Crippen molar-refractivity contribution in [3.63, 3.8) is 0 Å². The Bertz CT molecular complexity index is 483. The van der Waals surface area contributed by atoms with Crippen LogP contribution in [0, 0.1) is 15.5 Å². The molecule has 0 aromatic heterocycles. The lowest BCUT2D eigenvalue weighted by Crippen LogP contribution is -2.10. The van der Waals surface area contributed by atoms with E-state index in [0.29, 0.717) is 17.5 Å². The highest BCUT2D eigenvalue weighted by Crippen LogP contribution is 2.47. The molecule has 0 bridgehead atoms. The highest BCUT2D eigenvalue weighted by Gasteiger charge is 2.46. The topological polar surface area (TPSA) is 72.2 Å². The molecule has 0 heterocycles. The highest BCUT2D eigenvalue weighted by atomic mass is 16.6. The second kappa shape index (κ2) is 3.84. The Morgan fingerprint density at radius 1 is 1.53 bits per heavy atom. The Kier molecular flexibility index (Phi) is 2.61. The first-order valence-electron chi connectivity index (χ1n) is 5.44. The molecule has 1 aliphatic carbocycles. The lowest BCUT2D eigenvalue weighted by Gasteiger charge is -2.08. The van der Waals surface area contributed by atoms with Crippen molar-refractivity contribution in [2.75, 3.05) is 5.32 Å². The Labute approximate surface area is 99.0 Å². The molecule has 1 N–H and O–H groups in total. The number of hydrogen-bond acceptors (Lipinski definition) is 4. The lowest BCUT2D eigenvalue weighted by atomic mass is 10.1. The van der Waals surface area contributed by atoms with Crippen molar-refractivity contribution in [1.82, 2.24) is 0 Å². The fourth-order valence-electron chi connectivity index (χ4n) is 1.80. The molecule has 0 spiro atoms. The van der Waals surface area contributed by atoms with Gasteiger partial charge in [-0.3, -0.25) is 14.9 Å². The quantitative estimate of drug-likeness (QED) is 0.493. The molecule has 90 valence electrons. The molecule has 0 saturated heterocycles. The van der Waals surface area contributed by atoms with E-state index in [0.717, 1.165) is 6.42 Å². The molecule has 17 heavy (non-hydrogen) atoms. The van der Waals surface area contributed by atoms with Crippen molar-refractivity contribution in [2.24, 2.45) is 5.41 Å². The molecule has 0 amide bonds. The monoisotopic (exact) mass is 234 g/mol. The molecule has 0 aliphatic heterocycles. The average molecular weight is 234 g/mol. The average Bonchev–Trinajstić information content (AvgIpc) is 2.86. The summed E-state index contributed by atoms with van der Waals surface area (Å²) < 4.78 is 0. The molecule has 1 saturated carbocycles. The van der Waals surface area contributed by atoms with Gasteiger partial charge in [-0.1, -0.05) is 13.8 Å². The van der Waals surface area contributed by atoms with Gasteiger partial charge in [0.15, 0.2) is 0 Å². The maximum Gasteiger partial charge on any atom is 0.293 e. The number of nitro benzene ring substituents is 1. The van der Waals surface area contributed by atoms with E-state index >= 15 is 0 Å². The summed E-state index contributed by atoms with van der Waals surface area (Å²) in [4.78, 5) is 21.0. The zero-order valence-corrected chi connectivity index (χ0v) is 9.77. The molecular weight excluding hydrogens is 220 g/mol. The number of anilines is 1. The Balaban J connectivity index is 2.27. The van der Waals surface area contributed by atoms with Gasteiger partial charge in [0.25, 0.3) is 5.69 Å². The molecule has 1 aliphatic rings. The normalized spacial score (nSPS) is 20.7. The van der Waals surface area contributed by atoms with E-state index in [1.54, 1.807) is 12.1 Å². The third-order valence-corrected chi connectivity index (χ3v) is 3.20. The van der Waals surface area contributed by atoms with Crippen molar-refractivity contribution >= 4 is 17.7 Å². The minimum absolute atomic E-state index is 0.0442. The van der Waals surface area contributed by atoms with E-state index in [4.69, 9.17) is 0 Å². The predicted molar refractivity (Wildman–Crippen MR) is 64.3 cm³/mol. The molecule has 2 rings (SSSR count). The molecule has 1 atom stereocenters. The number of rotatable bonds is 4. The van der Waals surface area contributed by atoms with Gasteiger partial charge in [0.1, 0.15) is 12.0 Å². The van der Waals surface area contributed by atoms with Crippen LogP contribution in [0.3, 0.4) is 0 Å². The van der Waals surface area contributed by atoms with E-state index in [2.05, 4.69) is 19.2 Å². The molecule has 1 aromatic carbocycles. The third kappa shape index (κ3) is 2.27. The van der Waals surface area contributed by atoms with Gasteiger partial charge < -0.3 is 5.32 Å². The molecule has 5 heteroatoms. The molecule has 1 aromatic rings. The Morgan fingerprint density at radius 3 is 2.65 bits per heavy atom. The van der Waals surface area contributed by atoms with Crippen LogP contribution < -0.4 is 5.32 Å². The van der Waals surface area contributed by atoms with Gasteiger partial charge in [-0.2, -0.15) is 0 Å². The Morgan fingerprint density at radius 2 is 2.18 bits per heavy atom. The summed E-state index contributed by atoms with van der Waals surface area (Å²) in [5.41, 5.74) is 0.947. The number of nitrogens with one attached hydrogen (secondary N) is 1. The lowest BCUT2D eigenvalue weighted by molar-refractivity contribution is -0.384. The number of hydrogen-bond donors (Lipinski definition) is 1. The van der Waals surface area contributed by atoms with Gasteiger partial charge in [0.2, 0.25) is 0 Å². The summed E-state index contributed by atoms with van der Waals surface area (Å²) in [7, 11) is 0. The largest absolute Gasteiger partial charge is 0.376 e. The molecule has 5 nitrogen and oxygen atoms in total. The number of aldehydes is 1. The summed E-state index contributed by atoms with van der Waals surface area (Å²) in [6.07, 6.45) is 1.61. The van der Waals surface area contributed by atoms with Crippen molar-refractivity contribution < 1.29 is 9.72 Å². The second-order valence-corrected chi connectivity index (χ2v) is 5.04. The van der Waals surface area contributed by atoms with Gasteiger partial charge in [0, 0.05) is 17.7 Å². The molecular formula is C12H14N2O3. The first kappa shape index (κ1) is 11.6. The van der Waals surface area contributed by atoms with Crippen LogP contribution in [0.1, 0.15) is 30.6 Å². The SMILES string of the molecule is CC1(C)CC1Nc1ccc(C=O)cc1[N+](=O)[O-]. The maximum atomic E-state index is 10.9. The number of carbonyl (C=O) groups is 1. The summed E-state index contributed by atoms with van der Waals surface area (Å²) in [6.45, 7) is 4.21. The van der Waals surface area contributed by atoms with Crippen LogP contribution in [0.5, 0.6) is 0 Å². The van der Waals surface area contributed by atoms with E-state index in [1.807, 2.05) is 0 Å². The molecule has 1 fully saturated rings. The van der Waals surface area contributed by atoms with Gasteiger partial charge in [-0.15, -0.1) is 0 Å². The standard InChI is InChI=1S/C12H14N2O3/c1-12(2)6-11(12)13-9-4-3-8(7-15)5-10(9)14(16)17/h3-5,7,11,13H,6H2,1-2H3. The zero-order valence-electron chi connectivity index (χ0n) is 9.77. The minimum atomic E-state index is -0.468. The first-order valence-corrected chi connectivity index (χ1v) is 5.44. The van der Waals surface area contributed by atoms with E-state index < -0.39 is 4.92 Å². The van der Waals surface area contributed by atoms with Crippen LogP contribution >= 0.6 is 0 Å². The molecule has 0 radical (unpaired) electrons. The van der Waals surface area contributed by atoms with Gasteiger partial charge in [-0.05, 0) is 24.0 Å². The molecule has 1 unspecified atom stereocenters. The number of nitro groups is 1. The van der Waals surface area contributed by atoms with Crippen LogP contribution in [0.25, 0.3) is 0 Å². The van der Waals surface area contributed by atoms with Crippen molar-refractivity contribution in [3.8, 4) is 0 Å². The van der Waals surface area contributed by atoms with Crippen LogP contribution in [0.2, 0.25) is 0 Å². The summed E-state index contributed by atoms with van der Waals surface area (Å²) >= 11 is 0. The fourth-order valence-corrected chi connectivity index (χ4v) is 1.80. The highest BCUT2D eigenvalue weighted by molar-refractivity contribution is 5.79. The summed E-state index contributed by atoms with van der Waals surface area (Å²) in [6, 6.07) is 4.74. The van der Waals surface area contributed by atoms with Gasteiger partial charge >= 0.3 is 0 Å². The van der Waals surface area contributed by atoms with Crippen LogP contribution in [-0.4, -0.2) is 17.3 Å². The smallest absolute Gasteiger partial charge is 0.293 e. The fraction of sp³-hybridized carbons (Fsp3) is 0.417. The van der Waals surface area contributed by atoms with Crippen LogP contribution in [0.4, 0.5) is 11.4 Å². The Hall–Kier alpha value is -1.91. The number of carbonyl (C=O) groups excluding carboxylic acids is 1. The van der Waals surface area contributed by atoms with Crippen molar-refractivity contribution in [3.05, 3.63) is 33.9 Å². The van der Waals surface area contributed by atoms with Gasteiger partial charge in [0.05, 0.1) is 4.92 Å². The van der Waals surface area contributed by atoms with Crippen LogP contribution in [0.15, 0.2) is 18.2 Å². The van der Waals surface area contributed by atoms with Crippen molar-refractivity contribution in [2.45, 2.75) is 26.3 Å². The number of benzene rings is 1. The predicted octanol–water partition coefficient (Wildman–Crippen LogP) is 2.62. The maximum absolute atomic E-state index is 10.9. The van der Waals surface area contributed by atoms with Gasteiger partial charge in [-0.25, -0.2) is 0 Å². The van der Waals surface area contributed by atoms with Crippen LogP contribution in [-0.2, 0) is 0 Å². The zero-order chi connectivity index (χ0) is 12.6. The minimum Gasteiger partial charge on any atom is -0.376 e. The van der Waals surface area contributed by atoms with E-state index in [1.165, 1.54) is 6.07 Å². The number of nitrogens with zero attached hydrogens (tertiary/aromatic N) is 1. The summed E-state index contributed by atoms with van der Waals surface area (Å²) in [5, 5.41) is 14.1. The second-order valence-electron chi connectivity index (χ2n) is 5.04. The third-order valence-electron chi connectivity index (χ3n) is 3.20. The first-order chi connectivity index (χ1) is 7.94. The van der Waals surface area contributed by atoms with E-state index in [9.17, 15) is 14.9 Å². The van der Waals surface area contributed by atoms with Crippen molar-refractivity contribution in [1.29, 1.82) is 0 Å².